The summed E-state index contributed by atoms with van der Waals surface area (Å²) in [5.74, 6) is 3.90. The minimum absolute atomic E-state index is 0. The molecule has 4 atom stereocenters. The molecule has 9 nitrogen and oxygen atoms in total. The first-order chi connectivity index (χ1) is 28.1. The Hall–Kier alpha value is -4.09. The summed E-state index contributed by atoms with van der Waals surface area (Å²) in [4.78, 5) is 15.9. The fourth-order valence-electron chi connectivity index (χ4n) is 7.21. The molecule has 4 aromatic carbocycles. The van der Waals surface area contributed by atoms with E-state index in [9.17, 15) is 4.79 Å². The van der Waals surface area contributed by atoms with E-state index in [1.54, 1.807) is 42.7 Å². The zero-order valence-corrected chi connectivity index (χ0v) is 39.2. The Morgan fingerprint density at radius 2 is 0.864 bits per heavy atom. The van der Waals surface area contributed by atoms with Crippen molar-refractivity contribution in [1.29, 1.82) is 0 Å². The molecule has 12 heteroatoms. The molecule has 4 aromatic rings. The summed E-state index contributed by atoms with van der Waals surface area (Å²) in [6.45, 7) is 6.58. The molecule has 1 radical (unpaired) electrons. The molecule has 0 N–H and O–H groups in total. The number of ether oxygens (including phenoxy) is 7. The van der Waals surface area contributed by atoms with Gasteiger partial charge in [0.2, 0.25) is 0 Å². The summed E-state index contributed by atoms with van der Waals surface area (Å²) in [5.41, 5.74) is -0.831. The largest absolute Gasteiger partial charge is 0.496 e. The average molecular weight is 931 g/mol. The summed E-state index contributed by atoms with van der Waals surface area (Å²) in [6, 6.07) is 28.5. The van der Waals surface area contributed by atoms with Gasteiger partial charge in [-0.05, 0) is 72.9 Å². The smallest absolute Gasteiger partial charge is 0.410 e. The summed E-state index contributed by atoms with van der Waals surface area (Å²) in [6.07, 6.45) is 13.7. The third-order valence-corrected chi connectivity index (χ3v) is 16.0. The SMILES string of the molecule is C1=C\CC/C=C\CC/1.COc1cc(OC)c(P(c2ccccc2)[C@@H]2CN(C(=O)OC(C)(C)C)C[C@H]2P(c2ccccc2)c2c(OC)cc(OC)cc2OC)c(OC)c1.[Rh]. The van der Waals surface area contributed by atoms with Gasteiger partial charge in [0.1, 0.15) is 40.1 Å². The Morgan fingerprint density at radius 1 is 0.542 bits per heavy atom. The number of likely N-dealkylation sites (tertiary alicyclic amines) is 1. The van der Waals surface area contributed by atoms with Gasteiger partial charge < -0.3 is 38.1 Å². The molecule has 1 amide bonds. The molecule has 2 aliphatic rings. The van der Waals surface area contributed by atoms with Gasteiger partial charge in [0.05, 0.1) is 53.3 Å². The van der Waals surface area contributed by atoms with Crippen LogP contribution >= 0.6 is 15.8 Å². The molecule has 1 fully saturated rings. The maximum Gasteiger partial charge on any atom is 0.410 e. The molecule has 0 aromatic heterocycles. The minimum atomic E-state index is -1.24. The van der Waals surface area contributed by atoms with E-state index in [2.05, 4.69) is 72.8 Å². The number of hydrogen-bond donors (Lipinski definition) is 0. The van der Waals surface area contributed by atoms with E-state index < -0.39 is 21.4 Å². The molecule has 319 valence electrons. The van der Waals surface area contributed by atoms with E-state index >= 15 is 0 Å². The number of hydrogen-bond acceptors (Lipinski definition) is 8. The van der Waals surface area contributed by atoms with E-state index in [-0.39, 0.29) is 36.9 Å². The number of carbonyl (C=O) groups is 1. The van der Waals surface area contributed by atoms with Crippen molar-refractivity contribution in [3.8, 4) is 34.5 Å². The Bertz CT molecular complexity index is 1800. The van der Waals surface area contributed by atoms with Crippen LogP contribution in [0, 0.1) is 0 Å². The second kappa shape index (κ2) is 23.1. The van der Waals surface area contributed by atoms with Gasteiger partial charge in [0.25, 0.3) is 0 Å². The van der Waals surface area contributed by atoms with Crippen molar-refractivity contribution in [3.63, 3.8) is 0 Å². The molecule has 1 aliphatic heterocycles. The van der Waals surface area contributed by atoms with Crippen molar-refractivity contribution in [2.24, 2.45) is 0 Å². The third-order valence-electron chi connectivity index (χ3n) is 9.84. The Balaban J connectivity index is 0.000000763. The molecule has 59 heavy (non-hydrogen) atoms. The summed E-state index contributed by atoms with van der Waals surface area (Å²) in [5, 5.41) is 4.13. The van der Waals surface area contributed by atoms with E-state index in [4.69, 9.17) is 33.2 Å². The molecule has 1 saturated heterocycles. The zero-order valence-electron chi connectivity index (χ0n) is 35.7. The first kappa shape index (κ1) is 47.6. The minimum Gasteiger partial charge on any atom is -0.496 e. The van der Waals surface area contributed by atoms with E-state index in [0.29, 0.717) is 47.6 Å². The average Bonchev–Trinajstić information content (AvgIpc) is 3.65. The van der Waals surface area contributed by atoms with Crippen molar-refractivity contribution < 1.29 is 57.4 Å². The zero-order chi connectivity index (χ0) is 41.7. The van der Waals surface area contributed by atoms with Gasteiger partial charge in [0, 0.05) is 68.2 Å². The number of allylic oxidation sites excluding steroid dienone is 4. The molecule has 2 unspecified atom stereocenters. The van der Waals surface area contributed by atoms with Crippen molar-refractivity contribution in [3.05, 3.63) is 109 Å². The Kier molecular flexibility index (Phi) is 18.6. The maximum atomic E-state index is 14.0. The summed E-state index contributed by atoms with van der Waals surface area (Å²) < 4.78 is 41.7. The van der Waals surface area contributed by atoms with Crippen molar-refractivity contribution in [1.82, 2.24) is 4.90 Å². The molecule has 0 spiro atoms. The number of methoxy groups -OCH3 is 6. The second-order valence-electron chi connectivity index (χ2n) is 14.8. The molecule has 0 bridgehead atoms. The van der Waals surface area contributed by atoms with Gasteiger partial charge in [-0.15, -0.1) is 0 Å². The van der Waals surface area contributed by atoms with Crippen molar-refractivity contribution >= 4 is 43.2 Å². The quantitative estimate of drug-likeness (QED) is 0.0792. The van der Waals surface area contributed by atoms with Crippen LogP contribution in [0.5, 0.6) is 34.5 Å². The fraction of sp³-hybridized carbons (Fsp3) is 0.383. The standard InChI is InChI=1S/C39H47NO8P2.C8H12.Rh/c1-39(2,3)48-38(41)40-24-34(49(28-16-12-10-13-17-28)36-30(44-6)20-26(42-4)21-31(36)45-7)35(25-40)50(29-18-14-11-15-19-29)37-32(46-8)22-27(43-5)23-33(37)47-9;1-2-4-6-8-7-5-3-1;/h10-23,34-35H,24-25H2,1-9H3;1-2,7-8H,3-6H2;/b;2-1-,8-7-;/t34-,35-,49?,50?;;/m1../s1. The molecule has 6 rings (SSSR count). The van der Waals surface area contributed by atoms with Gasteiger partial charge in [-0.3, -0.25) is 0 Å². The molecule has 1 heterocycles. The van der Waals surface area contributed by atoms with E-state index in [1.807, 2.05) is 62.1 Å². The van der Waals surface area contributed by atoms with Gasteiger partial charge in [-0.2, -0.15) is 0 Å². The summed E-state index contributed by atoms with van der Waals surface area (Å²) in [7, 11) is 7.43. The number of benzene rings is 4. The van der Waals surface area contributed by atoms with Crippen LogP contribution in [0.25, 0.3) is 0 Å². The normalized spacial score (nSPS) is 18.2. The van der Waals surface area contributed by atoms with Crippen molar-refractivity contribution in [2.75, 3.05) is 55.7 Å². The fourth-order valence-corrected chi connectivity index (χ4v) is 14.1. The van der Waals surface area contributed by atoms with Crippen LogP contribution in [0.2, 0.25) is 0 Å². The number of nitrogens with zero attached hydrogens (tertiary/aromatic N) is 1. The monoisotopic (exact) mass is 930 g/mol. The number of carbonyl (C=O) groups excluding carboxylic acids is 1. The van der Waals surface area contributed by atoms with Gasteiger partial charge in [-0.25, -0.2) is 4.79 Å². The van der Waals surface area contributed by atoms with Crippen molar-refractivity contribution in [2.45, 2.75) is 63.4 Å². The topological polar surface area (TPSA) is 84.9 Å². The third kappa shape index (κ3) is 12.2. The van der Waals surface area contributed by atoms with Gasteiger partial charge >= 0.3 is 6.09 Å². The van der Waals surface area contributed by atoms with E-state index in [0.717, 1.165) is 21.2 Å². The maximum absolute atomic E-state index is 14.0. The van der Waals surface area contributed by atoms with Crippen LogP contribution in [-0.2, 0) is 24.2 Å². The Morgan fingerprint density at radius 3 is 1.14 bits per heavy atom. The van der Waals surface area contributed by atoms with Crippen LogP contribution in [0.4, 0.5) is 4.79 Å². The van der Waals surface area contributed by atoms with E-state index in [1.165, 1.54) is 25.7 Å². The predicted molar refractivity (Wildman–Crippen MR) is 240 cm³/mol. The van der Waals surface area contributed by atoms with Crippen LogP contribution in [-0.4, -0.2) is 83.7 Å². The Labute approximate surface area is 366 Å². The molecular weight excluding hydrogens is 871 g/mol. The van der Waals surface area contributed by atoms with Crippen LogP contribution < -0.4 is 49.6 Å². The van der Waals surface area contributed by atoms with Gasteiger partial charge in [-0.1, -0.05) is 85.0 Å². The van der Waals surface area contributed by atoms with Crippen LogP contribution in [0.1, 0.15) is 46.5 Å². The number of rotatable bonds is 12. The predicted octanol–water partition coefficient (Wildman–Crippen LogP) is 8.96. The first-order valence-corrected chi connectivity index (χ1v) is 22.5. The van der Waals surface area contributed by atoms with Crippen LogP contribution in [0.3, 0.4) is 0 Å². The first-order valence-electron chi connectivity index (χ1n) is 19.6. The van der Waals surface area contributed by atoms with Crippen LogP contribution in [0.15, 0.2) is 109 Å². The summed E-state index contributed by atoms with van der Waals surface area (Å²) >= 11 is 0. The van der Waals surface area contributed by atoms with Gasteiger partial charge in [0.15, 0.2) is 0 Å². The molecule has 0 saturated carbocycles. The second-order valence-corrected chi connectivity index (χ2v) is 19.5. The molecular formula is C47H59NO8P2Rh. The molecule has 1 aliphatic carbocycles. The number of amides is 1.